The molecule has 12 rings (SSSR count). The van der Waals surface area contributed by atoms with Crippen LogP contribution in [-0.2, 0) is 5.41 Å². The Balaban J connectivity index is 1.06. The van der Waals surface area contributed by atoms with Gasteiger partial charge in [-0.3, -0.25) is 0 Å². The van der Waals surface area contributed by atoms with Crippen LogP contribution in [0.15, 0.2) is 152 Å². The van der Waals surface area contributed by atoms with E-state index in [1.165, 1.54) is 44.1 Å². The van der Waals surface area contributed by atoms with Crippen LogP contribution in [0.5, 0.6) is 0 Å². The highest BCUT2D eigenvalue weighted by Crippen LogP contribution is 2.60. The van der Waals surface area contributed by atoms with Gasteiger partial charge in [0.25, 0.3) is 0 Å². The van der Waals surface area contributed by atoms with E-state index in [1.807, 2.05) is 78.9 Å². The zero-order chi connectivity index (χ0) is 37.1. The maximum absolute atomic E-state index is 5.22. The van der Waals surface area contributed by atoms with Crippen LogP contribution in [0.3, 0.4) is 0 Å². The highest BCUT2D eigenvalue weighted by Gasteiger charge is 2.51. The Morgan fingerprint density at radius 1 is 0.357 bits per heavy atom. The Labute approximate surface area is 326 Å². The lowest BCUT2D eigenvalue weighted by atomic mass is 9.48. The zero-order valence-corrected chi connectivity index (χ0v) is 31.1. The molecule has 0 amide bonds. The van der Waals surface area contributed by atoms with Crippen molar-refractivity contribution in [1.82, 2.24) is 29.9 Å². The van der Waals surface area contributed by atoms with Crippen LogP contribution in [-0.4, -0.2) is 29.9 Å². The normalized spacial score (nSPS) is 21.0. The minimum absolute atomic E-state index is 0.337. The van der Waals surface area contributed by atoms with Crippen molar-refractivity contribution < 1.29 is 0 Å². The van der Waals surface area contributed by atoms with Gasteiger partial charge in [-0.15, -0.1) is 0 Å². The van der Waals surface area contributed by atoms with E-state index in [0.717, 1.165) is 61.9 Å². The average Bonchev–Trinajstić information content (AvgIpc) is 3.26. The summed E-state index contributed by atoms with van der Waals surface area (Å²) in [4.78, 5) is 30.6. The third-order valence-electron chi connectivity index (χ3n) is 12.5. The van der Waals surface area contributed by atoms with Gasteiger partial charge in [-0.25, -0.2) is 29.9 Å². The number of nitrogens with zero attached hydrogens (tertiary/aromatic N) is 6. The van der Waals surface area contributed by atoms with E-state index in [0.29, 0.717) is 40.4 Å². The van der Waals surface area contributed by atoms with Gasteiger partial charge in [-0.05, 0) is 90.2 Å². The van der Waals surface area contributed by atoms with E-state index in [4.69, 9.17) is 29.9 Å². The van der Waals surface area contributed by atoms with E-state index >= 15 is 0 Å². The Bertz CT molecular complexity index is 2620. The number of rotatable bonds is 7. The summed E-state index contributed by atoms with van der Waals surface area (Å²) in [5.74, 6) is 6.45. The number of hydrogen-bond donors (Lipinski definition) is 0. The molecule has 2 aromatic heterocycles. The standard InChI is InChI=1S/C50H40N6/c1-4-12-35(13-5-1)44-51-47(38-20-22-41(23-21-38)50-29-32-24-33(30-50)26-34(25-32)31-50)54-48(53-44)40-27-39-18-10-11-19-42(39)43(28-40)49-55-45(36-14-6-2-7-15-36)52-46(56-49)37-16-8-3-9-17-37/h1-23,27-28,32-34H,24-26,29-31H2. The van der Waals surface area contributed by atoms with Crippen molar-refractivity contribution in [2.75, 3.05) is 0 Å². The SMILES string of the molecule is c1ccc(-c2nc(-c3ccc(C45CC6CC(CC(C6)C4)C5)cc3)nc(-c3cc(-c4nc(-c5ccccc5)nc(-c5ccccc5)n4)c4ccccc4c3)n2)cc1. The fourth-order valence-electron chi connectivity index (χ4n) is 10.3. The van der Waals surface area contributed by atoms with Gasteiger partial charge >= 0.3 is 0 Å². The third-order valence-corrected chi connectivity index (χ3v) is 12.5. The number of fused-ring (bicyclic) bond motifs is 1. The smallest absolute Gasteiger partial charge is 0.164 e. The van der Waals surface area contributed by atoms with Crippen molar-refractivity contribution in [2.45, 2.75) is 43.9 Å². The number of hydrogen-bond acceptors (Lipinski definition) is 6. The Morgan fingerprint density at radius 3 is 1.23 bits per heavy atom. The molecule has 6 nitrogen and oxygen atoms in total. The van der Waals surface area contributed by atoms with Crippen LogP contribution in [0.4, 0.5) is 0 Å². The highest BCUT2D eigenvalue weighted by molar-refractivity contribution is 5.98. The molecule has 4 aliphatic carbocycles. The molecule has 0 spiro atoms. The molecule has 4 saturated carbocycles. The summed E-state index contributed by atoms with van der Waals surface area (Å²) in [6.45, 7) is 0. The van der Waals surface area contributed by atoms with Crippen molar-refractivity contribution in [3.8, 4) is 68.3 Å². The van der Waals surface area contributed by atoms with E-state index in [1.54, 1.807) is 0 Å². The Morgan fingerprint density at radius 2 is 0.750 bits per heavy atom. The molecule has 8 aromatic rings. The largest absolute Gasteiger partial charge is 0.208 e. The second-order valence-corrected chi connectivity index (χ2v) is 16.2. The quantitative estimate of drug-likeness (QED) is 0.163. The molecule has 0 aliphatic heterocycles. The van der Waals surface area contributed by atoms with Crippen LogP contribution in [0, 0.1) is 17.8 Å². The molecule has 0 radical (unpaired) electrons. The predicted molar refractivity (Wildman–Crippen MR) is 223 cm³/mol. The lowest BCUT2D eigenvalue weighted by molar-refractivity contribution is -0.00518. The minimum atomic E-state index is 0.337. The van der Waals surface area contributed by atoms with Crippen LogP contribution in [0.25, 0.3) is 79.1 Å². The van der Waals surface area contributed by atoms with Crippen molar-refractivity contribution in [1.29, 1.82) is 0 Å². The first-order valence-electron chi connectivity index (χ1n) is 20.0. The van der Waals surface area contributed by atoms with E-state index < -0.39 is 0 Å². The maximum Gasteiger partial charge on any atom is 0.164 e. The number of benzene rings is 6. The molecule has 6 aromatic carbocycles. The van der Waals surface area contributed by atoms with Crippen molar-refractivity contribution in [3.05, 3.63) is 157 Å². The highest BCUT2D eigenvalue weighted by atomic mass is 15.0. The molecule has 270 valence electrons. The van der Waals surface area contributed by atoms with Gasteiger partial charge in [-0.1, -0.05) is 140 Å². The second-order valence-electron chi connectivity index (χ2n) is 16.2. The van der Waals surface area contributed by atoms with Gasteiger partial charge in [0.2, 0.25) is 0 Å². The Kier molecular flexibility index (Phi) is 7.90. The van der Waals surface area contributed by atoms with Crippen molar-refractivity contribution >= 4 is 10.8 Å². The van der Waals surface area contributed by atoms with E-state index in [-0.39, 0.29) is 0 Å². The minimum Gasteiger partial charge on any atom is -0.208 e. The lowest BCUT2D eigenvalue weighted by Crippen LogP contribution is -2.48. The first kappa shape index (κ1) is 33.0. The summed E-state index contributed by atoms with van der Waals surface area (Å²) in [6, 6.07) is 52.3. The first-order chi connectivity index (χ1) is 27.6. The molecule has 56 heavy (non-hydrogen) atoms. The summed E-state index contributed by atoms with van der Waals surface area (Å²) in [7, 11) is 0. The predicted octanol–water partition coefficient (Wildman–Crippen LogP) is 11.7. The fourth-order valence-corrected chi connectivity index (χ4v) is 10.3. The molecule has 0 atom stereocenters. The molecule has 0 unspecified atom stereocenters. The summed E-state index contributed by atoms with van der Waals surface area (Å²) in [5, 5.41) is 2.09. The third kappa shape index (κ3) is 5.97. The summed E-state index contributed by atoms with van der Waals surface area (Å²) in [6.07, 6.45) is 8.37. The first-order valence-corrected chi connectivity index (χ1v) is 20.0. The van der Waals surface area contributed by atoms with Gasteiger partial charge in [0.05, 0.1) is 0 Å². The number of aromatic nitrogens is 6. The monoisotopic (exact) mass is 724 g/mol. The molecule has 0 N–H and O–H groups in total. The van der Waals surface area contributed by atoms with E-state index in [9.17, 15) is 0 Å². The van der Waals surface area contributed by atoms with Gasteiger partial charge in [0.15, 0.2) is 34.9 Å². The maximum atomic E-state index is 5.22. The molecule has 4 aliphatic rings. The van der Waals surface area contributed by atoms with Gasteiger partial charge < -0.3 is 0 Å². The summed E-state index contributed by atoms with van der Waals surface area (Å²) in [5.41, 5.74) is 7.39. The van der Waals surface area contributed by atoms with Gasteiger partial charge in [0, 0.05) is 33.4 Å². The average molecular weight is 725 g/mol. The topological polar surface area (TPSA) is 77.3 Å². The molecule has 4 fully saturated rings. The Hall–Kier alpha value is -6.40. The lowest BCUT2D eigenvalue weighted by Gasteiger charge is -2.57. The van der Waals surface area contributed by atoms with Crippen molar-refractivity contribution in [2.24, 2.45) is 17.8 Å². The summed E-state index contributed by atoms with van der Waals surface area (Å²) >= 11 is 0. The van der Waals surface area contributed by atoms with Gasteiger partial charge in [0.1, 0.15) is 0 Å². The van der Waals surface area contributed by atoms with Crippen LogP contribution in [0.2, 0.25) is 0 Å². The molecule has 2 heterocycles. The molecule has 0 saturated heterocycles. The summed E-state index contributed by atoms with van der Waals surface area (Å²) < 4.78 is 0. The van der Waals surface area contributed by atoms with Gasteiger partial charge in [-0.2, -0.15) is 0 Å². The second kappa shape index (κ2) is 13.4. The van der Waals surface area contributed by atoms with Crippen LogP contribution < -0.4 is 0 Å². The molecular weight excluding hydrogens is 685 g/mol. The van der Waals surface area contributed by atoms with Crippen LogP contribution >= 0.6 is 0 Å². The zero-order valence-electron chi connectivity index (χ0n) is 31.1. The molecule has 4 bridgehead atoms. The molecular formula is C50H40N6. The van der Waals surface area contributed by atoms with E-state index in [2.05, 4.69) is 72.8 Å². The molecule has 6 heteroatoms. The van der Waals surface area contributed by atoms with Crippen LogP contribution in [0.1, 0.15) is 44.1 Å². The fraction of sp³-hybridized carbons (Fsp3) is 0.200. The van der Waals surface area contributed by atoms with Crippen molar-refractivity contribution in [3.63, 3.8) is 0 Å².